The van der Waals surface area contributed by atoms with Crippen molar-refractivity contribution in [3.63, 3.8) is 0 Å². The first-order valence-corrected chi connectivity index (χ1v) is 48.1. The molecule has 0 saturated carbocycles. The standard InChI is InChI=1S/C27H25N2O.2C26H23N2O.C25H21N2O.C24H19N2O/c1-16-14-23(29(5)15-22(16)20-9-7-6-8-10-20)25-18(3)13-17(2)24-21-12-11-19(4)28-27(21)30-26(24)25;1-16-14-17(2)24(25-23(16)21-12-10-18(3)27-26(21)29-25)22-13-11-20(15-28(22)4)19-8-6-5-7-9-19;1-16-10-12-20-21-13-11-18(3)27-26(21)29-25(20)24(16)23-14-17(2)22(15-28(23)4)19-8-6-5-7-9-19;1-16-11-12-19-20-10-7-13-26-25(20)28-24(19)23(16)22-14-21(17(2)15-27(22)3)18-8-5-4-6-9-18;1-16-10-11-19-20-9-6-13-25-24(20)27-23(19)22(16)21-15-18(12-14-26(21)2)17-7-4-3-5-8-17/h6-15H,1-5H3;2*5-15H,1-4H3;4-15H,1-3H3;3-15H,1-2H3/q5*+1/i2D3;1D3;;;. The number of hydrogen-bond donors (Lipinski definition) is 0. The summed E-state index contributed by atoms with van der Waals surface area (Å²) < 4.78 is 90.7. The van der Waals surface area contributed by atoms with Gasteiger partial charge in [-0.25, -0.2) is 47.8 Å². The first kappa shape index (κ1) is 84.9. The smallest absolute Gasteiger partial charge is 0.227 e. The zero-order valence-electron chi connectivity index (χ0n) is 88.9. The predicted molar refractivity (Wildman–Crippen MR) is 579 cm³/mol. The fourth-order valence-corrected chi connectivity index (χ4v) is 20.3. The van der Waals surface area contributed by atoms with Gasteiger partial charge in [-0.3, -0.25) is 0 Å². The average Bonchev–Trinajstić information content (AvgIpc) is 1.56. The summed E-state index contributed by atoms with van der Waals surface area (Å²) in [7, 11) is 10.3. The molecule has 0 unspecified atom stereocenters. The second-order valence-electron chi connectivity index (χ2n) is 37.4. The molecule has 0 N–H and O–H groups in total. The van der Waals surface area contributed by atoms with Gasteiger partial charge in [0.1, 0.15) is 35.2 Å². The Morgan fingerprint density at radius 3 is 0.993 bits per heavy atom. The molecule has 25 aromatic rings. The Labute approximate surface area is 839 Å². The van der Waals surface area contributed by atoms with E-state index in [2.05, 4.69) is 348 Å². The minimum Gasteiger partial charge on any atom is -0.437 e. The lowest BCUT2D eigenvalue weighted by Gasteiger charge is -2.11. The predicted octanol–water partition coefficient (Wildman–Crippen LogP) is 29.7. The van der Waals surface area contributed by atoms with Gasteiger partial charge in [0.2, 0.25) is 57.0 Å². The van der Waals surface area contributed by atoms with Gasteiger partial charge in [0, 0.05) is 150 Å². The van der Waals surface area contributed by atoms with Gasteiger partial charge in [-0.1, -0.05) is 200 Å². The van der Waals surface area contributed by atoms with Crippen LogP contribution in [0.15, 0.2) is 369 Å². The van der Waals surface area contributed by atoms with E-state index >= 15 is 0 Å². The van der Waals surface area contributed by atoms with Crippen molar-refractivity contribution in [1.82, 2.24) is 24.9 Å². The van der Waals surface area contributed by atoms with Gasteiger partial charge < -0.3 is 22.1 Å². The van der Waals surface area contributed by atoms with Gasteiger partial charge in [-0.05, 0) is 246 Å². The van der Waals surface area contributed by atoms with Crippen LogP contribution < -0.4 is 22.8 Å². The van der Waals surface area contributed by atoms with Crippen LogP contribution in [0, 0.1) is 89.9 Å². The molecule has 0 atom stereocenters. The maximum absolute atomic E-state index is 8.15. The Morgan fingerprint density at radius 1 is 0.217 bits per heavy atom. The van der Waals surface area contributed by atoms with Crippen LogP contribution in [0.1, 0.15) is 80.9 Å². The number of aromatic nitrogens is 10. The van der Waals surface area contributed by atoms with Crippen molar-refractivity contribution in [2.45, 2.75) is 89.9 Å². The molecule has 0 fully saturated rings. The molecule has 0 aliphatic carbocycles. The molecule has 143 heavy (non-hydrogen) atoms. The summed E-state index contributed by atoms with van der Waals surface area (Å²) in [6.45, 7) is 18.0. The molecule has 15 nitrogen and oxygen atoms in total. The zero-order valence-corrected chi connectivity index (χ0v) is 82.9. The molecule has 0 aliphatic rings. The second kappa shape index (κ2) is 38.1. The number of rotatable bonds is 10. The van der Waals surface area contributed by atoms with E-state index in [0.29, 0.717) is 61.6 Å². The van der Waals surface area contributed by atoms with Gasteiger partial charge in [0.15, 0.2) is 58.9 Å². The molecule has 25 rings (SSSR count). The minimum absolute atomic E-state index is 0.293. The van der Waals surface area contributed by atoms with Crippen LogP contribution in [-0.4, -0.2) is 24.9 Å². The molecule has 15 aromatic heterocycles. The van der Waals surface area contributed by atoms with E-state index in [1.54, 1.807) is 24.5 Å². The number of hydrogen-bond acceptors (Lipinski definition) is 10. The maximum Gasteiger partial charge on any atom is 0.227 e. The van der Waals surface area contributed by atoms with Crippen molar-refractivity contribution in [3.8, 4) is 112 Å². The average molecular weight is 1880 g/mol. The molecule has 10 aromatic carbocycles. The monoisotopic (exact) mass is 1870 g/mol. The Kier molecular flexibility index (Phi) is 22.6. The van der Waals surface area contributed by atoms with Crippen molar-refractivity contribution in [2.75, 3.05) is 0 Å². The number of benzene rings is 10. The maximum atomic E-state index is 8.15. The second-order valence-corrected chi connectivity index (χ2v) is 37.4. The quantitative estimate of drug-likeness (QED) is 0.121. The molecule has 0 aliphatic heterocycles. The lowest BCUT2D eigenvalue weighted by Crippen LogP contribution is -2.31. The van der Waals surface area contributed by atoms with Gasteiger partial charge >= 0.3 is 0 Å². The molecule has 15 heteroatoms. The van der Waals surface area contributed by atoms with E-state index in [0.717, 1.165) is 172 Å². The topological polar surface area (TPSA) is 150 Å². The molecule has 0 amide bonds. The van der Waals surface area contributed by atoms with Crippen molar-refractivity contribution in [2.24, 2.45) is 35.2 Å². The Bertz CT molecular complexity index is 9570. The van der Waals surface area contributed by atoms with Gasteiger partial charge in [-0.15, -0.1) is 0 Å². The van der Waals surface area contributed by atoms with Gasteiger partial charge in [-0.2, -0.15) is 0 Å². The van der Waals surface area contributed by atoms with E-state index in [9.17, 15) is 0 Å². The Morgan fingerprint density at radius 2 is 0.559 bits per heavy atom. The third kappa shape index (κ3) is 17.4. The van der Waals surface area contributed by atoms with Crippen LogP contribution in [0.25, 0.3) is 222 Å². The number of fused-ring (bicyclic) bond motifs is 15. The van der Waals surface area contributed by atoms with Crippen LogP contribution in [0.4, 0.5) is 0 Å². The van der Waals surface area contributed by atoms with Crippen LogP contribution >= 0.6 is 0 Å². The lowest BCUT2D eigenvalue weighted by atomic mass is 9.95. The van der Waals surface area contributed by atoms with E-state index in [4.69, 9.17) is 30.3 Å². The molecule has 698 valence electrons. The fraction of sp³-hybridized carbons (Fsp3) is 0.141. The molecule has 0 saturated heterocycles. The summed E-state index contributed by atoms with van der Waals surface area (Å²) in [6, 6.07) is 103. The van der Waals surface area contributed by atoms with Gasteiger partial charge in [0.25, 0.3) is 0 Å². The molecule has 0 radical (unpaired) electrons. The number of aryl methyl sites for hydroxylation is 18. The Balaban J connectivity index is 0.000000109. The van der Waals surface area contributed by atoms with Crippen LogP contribution in [0.5, 0.6) is 0 Å². The minimum atomic E-state index is -2.27. The van der Waals surface area contributed by atoms with Gasteiger partial charge in [0.05, 0.1) is 27.8 Å². The normalized spacial score (nSPS) is 12.2. The summed E-state index contributed by atoms with van der Waals surface area (Å²) in [4.78, 5) is 22.5. The zero-order chi connectivity index (χ0) is 104. The highest BCUT2D eigenvalue weighted by Crippen LogP contribution is 2.46. The molecule has 15 heterocycles. The molecular formula is C128H111N10O5+5. The number of nitrogens with zero attached hydrogens (tertiary/aromatic N) is 10. The van der Waals surface area contributed by atoms with Crippen LogP contribution in [-0.2, 0) is 35.2 Å². The van der Waals surface area contributed by atoms with E-state index < -0.39 is 13.7 Å². The largest absolute Gasteiger partial charge is 0.437 e. The van der Waals surface area contributed by atoms with E-state index in [-0.39, 0.29) is 0 Å². The summed E-state index contributed by atoms with van der Waals surface area (Å²) >= 11 is 0. The van der Waals surface area contributed by atoms with Crippen LogP contribution in [0.3, 0.4) is 0 Å². The first-order chi connectivity index (χ1) is 71.8. The van der Waals surface area contributed by atoms with Crippen molar-refractivity contribution < 1.29 is 53.1 Å². The fourth-order valence-electron chi connectivity index (χ4n) is 20.3. The third-order valence-corrected chi connectivity index (χ3v) is 27.5. The summed E-state index contributed by atoms with van der Waals surface area (Å²) in [5, 5.41) is 9.15. The summed E-state index contributed by atoms with van der Waals surface area (Å²) in [6.07, 6.45) is 14.3. The summed E-state index contributed by atoms with van der Waals surface area (Å²) in [5.41, 5.74) is 41.2. The highest BCUT2D eigenvalue weighted by molar-refractivity contribution is 6.14. The highest BCUT2D eigenvalue weighted by atomic mass is 16.4. The van der Waals surface area contributed by atoms with E-state index in [1.807, 2.05) is 134 Å². The number of furan rings is 5. The molecule has 0 spiro atoms. The molecule has 0 bridgehead atoms. The lowest BCUT2D eigenvalue weighted by molar-refractivity contribution is -0.660. The third-order valence-electron chi connectivity index (χ3n) is 27.5. The van der Waals surface area contributed by atoms with Crippen molar-refractivity contribution >= 4 is 110 Å². The van der Waals surface area contributed by atoms with E-state index in [1.165, 1.54) is 61.2 Å². The number of pyridine rings is 10. The molecular weight excluding hydrogens is 1760 g/mol. The summed E-state index contributed by atoms with van der Waals surface area (Å²) in [5.74, 6) is 0. The first-order valence-electron chi connectivity index (χ1n) is 51.1. The Hall–Kier alpha value is -17.3. The van der Waals surface area contributed by atoms with Crippen molar-refractivity contribution in [3.05, 3.63) is 419 Å². The highest BCUT2D eigenvalue weighted by Gasteiger charge is 2.31. The van der Waals surface area contributed by atoms with Crippen LogP contribution in [0.2, 0.25) is 0 Å². The van der Waals surface area contributed by atoms with Crippen molar-refractivity contribution in [1.29, 1.82) is 0 Å². The SMILES string of the molecule is Cc1c[n+](C)c(-c2c(C)ccc3c2oc2ncccc23)cc1-c1ccccc1.Cc1ccc2c(n1)oc1c(-c3cc(C)c(-c4ccccc4)c[n+]3C)c(C)ccc12.Cc1ccc2c(oc3ncccc32)c1-c1cc(-c2ccccc2)cc[n+]1C.[2H]C([2H])([2H])c1cc(C)c(-c2cc(C)c(-c3ccccc3)c[n+]2C)c2oc3nc(C)ccc3c12.[2H]C([2H])([2H])c1cc(C)c(-c2ccc(-c3ccccc3)c[n+]2C)c2oc3nc(C)ccc3c12.